The van der Waals surface area contributed by atoms with Gasteiger partial charge >= 0.3 is 0 Å². The van der Waals surface area contributed by atoms with E-state index in [2.05, 4.69) is 0 Å². The minimum absolute atomic E-state index is 0.216. The van der Waals surface area contributed by atoms with Crippen molar-refractivity contribution >= 4 is 28.2 Å². The lowest BCUT2D eigenvalue weighted by Crippen LogP contribution is -1.89. The molecule has 0 atom stereocenters. The quantitative estimate of drug-likeness (QED) is 0.682. The molecule has 19 heavy (non-hydrogen) atoms. The van der Waals surface area contributed by atoms with Crippen molar-refractivity contribution in [2.75, 3.05) is 5.73 Å². The van der Waals surface area contributed by atoms with E-state index in [1.54, 1.807) is 6.07 Å². The van der Waals surface area contributed by atoms with Crippen LogP contribution in [0.3, 0.4) is 0 Å². The van der Waals surface area contributed by atoms with E-state index in [0.717, 1.165) is 15.7 Å². The Kier molecular flexibility index (Phi) is 3.13. The molecule has 0 bridgehead atoms. The Morgan fingerprint density at radius 1 is 0.842 bits per heavy atom. The monoisotopic (exact) mass is 269 g/mol. The highest BCUT2D eigenvalue weighted by atomic mass is 32.2. The van der Waals surface area contributed by atoms with Crippen molar-refractivity contribution in [1.82, 2.24) is 0 Å². The van der Waals surface area contributed by atoms with E-state index in [0.29, 0.717) is 10.6 Å². The Balaban J connectivity index is 2.15. The third kappa shape index (κ3) is 2.29. The zero-order valence-corrected chi connectivity index (χ0v) is 11.0. The summed E-state index contributed by atoms with van der Waals surface area (Å²) >= 11 is 1.37. The summed E-state index contributed by atoms with van der Waals surface area (Å²) in [6, 6.07) is 18.6. The molecule has 0 heterocycles. The number of benzene rings is 3. The summed E-state index contributed by atoms with van der Waals surface area (Å²) in [4.78, 5) is 1.49. The number of nitrogens with two attached hydrogens (primary N) is 1. The maximum absolute atomic E-state index is 14.1. The van der Waals surface area contributed by atoms with Gasteiger partial charge in [-0.25, -0.2) is 4.39 Å². The first-order chi connectivity index (χ1) is 9.25. The van der Waals surface area contributed by atoms with Crippen LogP contribution >= 0.6 is 11.8 Å². The van der Waals surface area contributed by atoms with Gasteiger partial charge in [-0.1, -0.05) is 54.2 Å². The molecule has 0 aliphatic heterocycles. The van der Waals surface area contributed by atoms with Crippen LogP contribution in [0.15, 0.2) is 70.5 Å². The second-order valence-electron chi connectivity index (χ2n) is 4.24. The van der Waals surface area contributed by atoms with Gasteiger partial charge in [0, 0.05) is 10.6 Å². The SMILES string of the molecule is Nc1ccccc1Sc1c(F)ccc2ccccc12. The van der Waals surface area contributed by atoms with Crippen LogP contribution in [0.25, 0.3) is 10.8 Å². The first-order valence-corrected chi connectivity index (χ1v) is 6.77. The lowest BCUT2D eigenvalue weighted by atomic mass is 10.1. The van der Waals surface area contributed by atoms with E-state index in [4.69, 9.17) is 5.73 Å². The van der Waals surface area contributed by atoms with Crippen molar-refractivity contribution in [3.05, 3.63) is 66.5 Å². The van der Waals surface area contributed by atoms with Gasteiger partial charge < -0.3 is 5.73 Å². The van der Waals surface area contributed by atoms with E-state index in [9.17, 15) is 4.39 Å². The number of nitrogen functional groups attached to an aromatic ring is 1. The predicted molar refractivity (Wildman–Crippen MR) is 78.9 cm³/mol. The van der Waals surface area contributed by atoms with Crippen LogP contribution in [0.4, 0.5) is 10.1 Å². The van der Waals surface area contributed by atoms with Crippen LogP contribution in [0, 0.1) is 5.82 Å². The fourth-order valence-electron chi connectivity index (χ4n) is 2.00. The molecular weight excluding hydrogens is 257 g/mol. The fourth-order valence-corrected chi connectivity index (χ4v) is 3.02. The van der Waals surface area contributed by atoms with Gasteiger partial charge in [-0.2, -0.15) is 0 Å². The second kappa shape index (κ2) is 4.94. The summed E-state index contributed by atoms with van der Waals surface area (Å²) in [6.45, 7) is 0. The molecule has 0 aliphatic rings. The van der Waals surface area contributed by atoms with Crippen LogP contribution in [-0.4, -0.2) is 0 Å². The molecule has 3 aromatic carbocycles. The molecule has 3 heteroatoms. The Bertz CT molecular complexity index is 740. The average Bonchev–Trinajstić information content (AvgIpc) is 2.44. The smallest absolute Gasteiger partial charge is 0.137 e. The standard InChI is InChI=1S/C16H12FNS/c17-13-10-9-11-5-1-2-6-12(11)16(13)19-15-8-4-3-7-14(15)18/h1-10H,18H2. The van der Waals surface area contributed by atoms with E-state index in [-0.39, 0.29) is 5.82 Å². The summed E-state index contributed by atoms with van der Waals surface area (Å²) in [5, 5.41) is 1.94. The molecule has 1 nitrogen and oxygen atoms in total. The molecule has 3 rings (SSSR count). The van der Waals surface area contributed by atoms with Crippen molar-refractivity contribution in [2.45, 2.75) is 9.79 Å². The van der Waals surface area contributed by atoms with Crippen LogP contribution in [0.2, 0.25) is 0 Å². The Morgan fingerprint density at radius 2 is 1.58 bits per heavy atom. The Morgan fingerprint density at radius 3 is 2.42 bits per heavy atom. The van der Waals surface area contributed by atoms with Crippen LogP contribution in [-0.2, 0) is 0 Å². The Hall–Kier alpha value is -2.00. The molecular formula is C16H12FNS. The van der Waals surface area contributed by atoms with Gasteiger partial charge in [0.25, 0.3) is 0 Å². The molecule has 0 saturated heterocycles. The first-order valence-electron chi connectivity index (χ1n) is 5.95. The molecule has 2 N–H and O–H groups in total. The van der Waals surface area contributed by atoms with Crippen LogP contribution < -0.4 is 5.73 Å². The predicted octanol–water partition coefficient (Wildman–Crippen LogP) is 4.71. The third-order valence-electron chi connectivity index (χ3n) is 2.96. The van der Waals surface area contributed by atoms with Crippen LogP contribution in [0.1, 0.15) is 0 Å². The molecule has 94 valence electrons. The van der Waals surface area contributed by atoms with E-state index >= 15 is 0 Å². The highest BCUT2D eigenvalue weighted by Gasteiger charge is 2.10. The zero-order valence-electron chi connectivity index (χ0n) is 10.1. The lowest BCUT2D eigenvalue weighted by Gasteiger charge is -2.09. The minimum atomic E-state index is -0.216. The third-order valence-corrected chi connectivity index (χ3v) is 4.17. The van der Waals surface area contributed by atoms with Crippen molar-refractivity contribution < 1.29 is 4.39 Å². The largest absolute Gasteiger partial charge is 0.398 e. The number of rotatable bonds is 2. The summed E-state index contributed by atoms with van der Waals surface area (Å²) < 4.78 is 14.1. The number of hydrogen-bond donors (Lipinski definition) is 1. The second-order valence-corrected chi connectivity index (χ2v) is 5.29. The molecule has 0 saturated carbocycles. The minimum Gasteiger partial charge on any atom is -0.398 e. The van der Waals surface area contributed by atoms with Crippen molar-refractivity contribution in [1.29, 1.82) is 0 Å². The molecule has 0 amide bonds. The van der Waals surface area contributed by atoms with Gasteiger partial charge in [0.15, 0.2) is 0 Å². The van der Waals surface area contributed by atoms with Gasteiger partial charge in [0.2, 0.25) is 0 Å². The number of halogens is 1. The summed E-state index contributed by atoms with van der Waals surface area (Å²) in [5.41, 5.74) is 6.59. The average molecular weight is 269 g/mol. The summed E-state index contributed by atoms with van der Waals surface area (Å²) in [7, 11) is 0. The number of para-hydroxylation sites is 1. The highest BCUT2D eigenvalue weighted by molar-refractivity contribution is 7.99. The van der Waals surface area contributed by atoms with Crippen molar-refractivity contribution in [3.63, 3.8) is 0 Å². The van der Waals surface area contributed by atoms with Gasteiger partial charge in [0.1, 0.15) is 5.82 Å². The van der Waals surface area contributed by atoms with E-state index in [1.165, 1.54) is 17.8 Å². The van der Waals surface area contributed by atoms with Crippen molar-refractivity contribution in [3.8, 4) is 0 Å². The normalized spacial score (nSPS) is 10.8. The fraction of sp³-hybridized carbons (Fsp3) is 0. The lowest BCUT2D eigenvalue weighted by molar-refractivity contribution is 0.606. The number of fused-ring (bicyclic) bond motifs is 1. The summed E-state index contributed by atoms with van der Waals surface area (Å²) in [5.74, 6) is -0.216. The first kappa shape index (κ1) is 12.1. The molecule has 0 aromatic heterocycles. The molecule has 0 unspecified atom stereocenters. The van der Waals surface area contributed by atoms with Gasteiger partial charge in [-0.15, -0.1) is 0 Å². The molecule has 0 aliphatic carbocycles. The molecule has 3 aromatic rings. The zero-order chi connectivity index (χ0) is 13.2. The summed E-state index contributed by atoms with van der Waals surface area (Å²) in [6.07, 6.45) is 0. The molecule has 0 spiro atoms. The molecule has 0 radical (unpaired) electrons. The van der Waals surface area contributed by atoms with Gasteiger partial charge in [-0.05, 0) is 29.0 Å². The number of hydrogen-bond acceptors (Lipinski definition) is 2. The van der Waals surface area contributed by atoms with E-state index < -0.39 is 0 Å². The maximum Gasteiger partial charge on any atom is 0.137 e. The topological polar surface area (TPSA) is 26.0 Å². The Labute approximate surface area is 115 Å². The molecule has 0 fully saturated rings. The van der Waals surface area contributed by atoms with E-state index in [1.807, 2.05) is 48.5 Å². The van der Waals surface area contributed by atoms with Crippen molar-refractivity contribution in [2.24, 2.45) is 0 Å². The highest BCUT2D eigenvalue weighted by Crippen LogP contribution is 2.37. The van der Waals surface area contributed by atoms with Crippen LogP contribution in [0.5, 0.6) is 0 Å². The van der Waals surface area contributed by atoms with Gasteiger partial charge in [-0.3, -0.25) is 0 Å². The maximum atomic E-state index is 14.1. The van der Waals surface area contributed by atoms with Gasteiger partial charge in [0.05, 0.1) is 4.90 Å². The number of anilines is 1.